The first-order chi connectivity index (χ1) is 11.8. The third-order valence-corrected chi connectivity index (χ3v) is 4.54. The number of anilines is 1. The van der Waals surface area contributed by atoms with Crippen molar-refractivity contribution in [2.24, 2.45) is 0 Å². The molecule has 0 bridgehead atoms. The predicted octanol–water partition coefficient (Wildman–Crippen LogP) is 3.93. The van der Waals surface area contributed by atoms with Gasteiger partial charge in [-0.05, 0) is 23.6 Å². The van der Waals surface area contributed by atoms with Gasteiger partial charge in [0.25, 0.3) is 0 Å². The molecule has 1 aromatic heterocycles. The zero-order valence-corrected chi connectivity index (χ0v) is 13.2. The fourth-order valence-electron chi connectivity index (χ4n) is 3.36. The summed E-state index contributed by atoms with van der Waals surface area (Å²) in [5.74, 6) is 0.512. The molecule has 4 heteroatoms. The zero-order valence-electron chi connectivity index (χ0n) is 13.2. The van der Waals surface area contributed by atoms with Crippen molar-refractivity contribution in [2.45, 2.75) is 12.8 Å². The van der Waals surface area contributed by atoms with Crippen molar-refractivity contribution >= 4 is 16.5 Å². The zero-order chi connectivity index (χ0) is 16.5. The topological polar surface area (TPSA) is 57.2 Å². The van der Waals surface area contributed by atoms with Crippen LogP contribution in [0.1, 0.15) is 18.4 Å². The highest BCUT2D eigenvalue weighted by atomic mass is 16.4. The second-order valence-electron chi connectivity index (χ2n) is 5.99. The molecule has 0 aliphatic carbocycles. The molecule has 0 N–H and O–H groups in total. The van der Waals surface area contributed by atoms with Crippen molar-refractivity contribution in [1.82, 2.24) is 0 Å². The molecule has 1 fully saturated rings. The van der Waals surface area contributed by atoms with Crippen LogP contribution in [-0.2, 0) is 0 Å². The molecule has 0 amide bonds. The summed E-state index contributed by atoms with van der Waals surface area (Å²) < 4.78 is 5.49. The van der Waals surface area contributed by atoms with Crippen LogP contribution in [0, 0.1) is 11.3 Å². The second-order valence-corrected chi connectivity index (χ2v) is 5.99. The highest BCUT2D eigenvalue weighted by Crippen LogP contribution is 2.32. The van der Waals surface area contributed by atoms with Gasteiger partial charge in [0.15, 0.2) is 5.56 Å². The fourth-order valence-corrected chi connectivity index (χ4v) is 3.36. The molecule has 1 aliphatic rings. The minimum Gasteiger partial charge on any atom is -0.422 e. The lowest BCUT2D eigenvalue weighted by Crippen LogP contribution is -2.22. The molecule has 0 unspecified atom stereocenters. The van der Waals surface area contributed by atoms with Gasteiger partial charge in [-0.2, -0.15) is 5.26 Å². The van der Waals surface area contributed by atoms with Gasteiger partial charge in [0.2, 0.25) is 0 Å². The third kappa shape index (κ3) is 2.35. The lowest BCUT2D eigenvalue weighted by Gasteiger charge is -2.19. The Bertz CT molecular complexity index is 1000. The summed E-state index contributed by atoms with van der Waals surface area (Å²) in [6.45, 7) is 1.74. The van der Waals surface area contributed by atoms with Crippen molar-refractivity contribution in [3.8, 4) is 17.4 Å². The first kappa shape index (κ1) is 14.5. The Morgan fingerprint density at radius 2 is 1.79 bits per heavy atom. The molecular formula is C20H16N2O2. The van der Waals surface area contributed by atoms with E-state index < -0.39 is 5.63 Å². The number of rotatable bonds is 2. The van der Waals surface area contributed by atoms with Gasteiger partial charge in [-0.15, -0.1) is 0 Å². The summed E-state index contributed by atoms with van der Waals surface area (Å²) in [5.41, 5.74) is 1.09. The fraction of sp³-hybridized carbons (Fsp3) is 0.200. The van der Waals surface area contributed by atoms with Crippen LogP contribution in [0.3, 0.4) is 0 Å². The number of hydrogen-bond donors (Lipinski definition) is 0. The normalized spacial score (nSPS) is 14.0. The van der Waals surface area contributed by atoms with E-state index in [0.717, 1.165) is 42.3 Å². The molecule has 1 saturated heterocycles. The van der Waals surface area contributed by atoms with Gasteiger partial charge in [-0.3, -0.25) is 0 Å². The van der Waals surface area contributed by atoms with E-state index in [2.05, 4.69) is 4.90 Å². The quantitative estimate of drug-likeness (QED) is 0.719. The molecule has 4 nitrogen and oxygen atoms in total. The van der Waals surface area contributed by atoms with Crippen LogP contribution < -0.4 is 10.5 Å². The highest BCUT2D eigenvalue weighted by molar-refractivity contribution is 5.95. The first-order valence-corrected chi connectivity index (χ1v) is 8.09. The van der Waals surface area contributed by atoms with E-state index in [-0.39, 0.29) is 5.56 Å². The van der Waals surface area contributed by atoms with Crippen molar-refractivity contribution in [3.63, 3.8) is 0 Å². The molecule has 2 heterocycles. The maximum Gasteiger partial charge on any atom is 0.356 e. The molecular weight excluding hydrogens is 300 g/mol. The molecule has 0 saturated carbocycles. The standard InChI is InChI=1S/C20H16N2O2/c21-13-17-18(22-10-3-4-11-22)12-19(24-20(17)23)16-9-5-7-14-6-1-2-8-15(14)16/h1-2,5-9,12H,3-4,10-11H2. The Morgan fingerprint density at radius 1 is 1.04 bits per heavy atom. The van der Waals surface area contributed by atoms with E-state index in [0.29, 0.717) is 11.4 Å². The second kappa shape index (κ2) is 5.86. The van der Waals surface area contributed by atoms with Gasteiger partial charge in [0.1, 0.15) is 11.8 Å². The minimum absolute atomic E-state index is 0.0980. The Labute approximate surface area is 139 Å². The van der Waals surface area contributed by atoms with Crippen LogP contribution in [0.5, 0.6) is 0 Å². The molecule has 2 aromatic carbocycles. The summed E-state index contributed by atoms with van der Waals surface area (Å²) in [7, 11) is 0. The lowest BCUT2D eigenvalue weighted by molar-refractivity contribution is 0.524. The molecule has 1 aliphatic heterocycles. The lowest BCUT2D eigenvalue weighted by atomic mass is 10.0. The average Bonchev–Trinajstić information content (AvgIpc) is 3.15. The van der Waals surface area contributed by atoms with Gasteiger partial charge < -0.3 is 9.32 Å². The van der Waals surface area contributed by atoms with E-state index in [4.69, 9.17) is 4.42 Å². The van der Waals surface area contributed by atoms with Crippen molar-refractivity contribution in [3.05, 3.63) is 64.5 Å². The Hall–Kier alpha value is -3.06. The molecule has 0 radical (unpaired) electrons. The third-order valence-electron chi connectivity index (χ3n) is 4.54. The van der Waals surface area contributed by atoms with E-state index in [9.17, 15) is 10.1 Å². The monoisotopic (exact) mass is 316 g/mol. The van der Waals surface area contributed by atoms with Crippen LogP contribution in [-0.4, -0.2) is 13.1 Å². The average molecular weight is 316 g/mol. The van der Waals surface area contributed by atoms with Gasteiger partial charge in [0, 0.05) is 24.7 Å². The van der Waals surface area contributed by atoms with E-state index >= 15 is 0 Å². The van der Waals surface area contributed by atoms with Gasteiger partial charge in [-0.1, -0.05) is 42.5 Å². The van der Waals surface area contributed by atoms with Crippen LogP contribution >= 0.6 is 0 Å². The molecule has 3 aromatic rings. The SMILES string of the molecule is N#Cc1c(N2CCCC2)cc(-c2cccc3ccccc23)oc1=O. The molecule has 118 valence electrons. The molecule has 0 atom stereocenters. The number of hydrogen-bond acceptors (Lipinski definition) is 4. The number of nitriles is 1. The Balaban J connectivity index is 1.96. The van der Waals surface area contributed by atoms with Crippen molar-refractivity contribution in [1.29, 1.82) is 5.26 Å². The minimum atomic E-state index is -0.565. The van der Waals surface area contributed by atoms with E-state index in [1.54, 1.807) is 0 Å². The molecule has 24 heavy (non-hydrogen) atoms. The van der Waals surface area contributed by atoms with E-state index in [1.807, 2.05) is 54.6 Å². The molecule has 4 rings (SSSR count). The maximum absolute atomic E-state index is 12.3. The van der Waals surface area contributed by atoms with E-state index in [1.165, 1.54) is 0 Å². The van der Waals surface area contributed by atoms with Crippen LogP contribution in [0.2, 0.25) is 0 Å². The van der Waals surface area contributed by atoms with Crippen LogP contribution in [0.25, 0.3) is 22.1 Å². The first-order valence-electron chi connectivity index (χ1n) is 8.09. The van der Waals surface area contributed by atoms with Gasteiger partial charge in [-0.25, -0.2) is 4.79 Å². The number of benzene rings is 2. The van der Waals surface area contributed by atoms with Gasteiger partial charge in [0.05, 0.1) is 5.69 Å². The van der Waals surface area contributed by atoms with Crippen LogP contribution in [0.15, 0.2) is 57.7 Å². The smallest absolute Gasteiger partial charge is 0.356 e. The number of nitrogens with zero attached hydrogens (tertiary/aromatic N) is 2. The molecule has 0 spiro atoms. The summed E-state index contributed by atoms with van der Waals surface area (Å²) >= 11 is 0. The van der Waals surface area contributed by atoms with Crippen molar-refractivity contribution < 1.29 is 4.42 Å². The number of fused-ring (bicyclic) bond motifs is 1. The predicted molar refractivity (Wildman–Crippen MR) is 94.1 cm³/mol. The Kier molecular flexibility index (Phi) is 3.55. The van der Waals surface area contributed by atoms with Crippen molar-refractivity contribution in [2.75, 3.05) is 18.0 Å². The maximum atomic E-state index is 12.3. The summed E-state index contributed by atoms with van der Waals surface area (Å²) in [6.07, 6.45) is 2.16. The largest absolute Gasteiger partial charge is 0.422 e. The van der Waals surface area contributed by atoms with Crippen LogP contribution in [0.4, 0.5) is 5.69 Å². The summed E-state index contributed by atoms with van der Waals surface area (Å²) in [6, 6.07) is 17.8. The van der Waals surface area contributed by atoms with Gasteiger partial charge >= 0.3 is 5.63 Å². The summed E-state index contributed by atoms with van der Waals surface area (Å²) in [5, 5.41) is 11.5. The summed E-state index contributed by atoms with van der Waals surface area (Å²) in [4.78, 5) is 14.4. The highest BCUT2D eigenvalue weighted by Gasteiger charge is 2.21. The Morgan fingerprint density at radius 3 is 2.58 bits per heavy atom.